The molecule has 0 fully saturated rings. The molecule has 50 heavy (non-hydrogen) atoms. The lowest BCUT2D eigenvalue weighted by Crippen LogP contribution is -2.01. The predicted octanol–water partition coefficient (Wildman–Crippen LogP) is 11.9. The first-order valence-corrected chi connectivity index (χ1v) is 17.3. The summed E-state index contributed by atoms with van der Waals surface area (Å²) in [6, 6.07) is 54.0. The van der Waals surface area contributed by atoms with E-state index in [1.54, 1.807) is 11.3 Å². The lowest BCUT2D eigenvalue weighted by molar-refractivity contribution is 0.669. The maximum atomic E-state index is 6.47. The van der Waals surface area contributed by atoms with Gasteiger partial charge in [0, 0.05) is 33.5 Å². The van der Waals surface area contributed by atoms with E-state index < -0.39 is 0 Å². The van der Waals surface area contributed by atoms with Gasteiger partial charge in [-0.25, -0.2) is 19.9 Å². The molecule has 0 radical (unpaired) electrons. The lowest BCUT2D eigenvalue weighted by Gasteiger charge is -2.11. The Labute approximate surface area is 291 Å². The smallest absolute Gasteiger partial charge is 0.167 e. The Hall–Kier alpha value is -6.50. The number of nitrogens with zero attached hydrogens (tertiary/aromatic N) is 4. The van der Waals surface area contributed by atoms with Crippen LogP contribution in [0, 0.1) is 0 Å². The summed E-state index contributed by atoms with van der Waals surface area (Å²) < 4.78 is 7.48. The van der Waals surface area contributed by atoms with Gasteiger partial charge < -0.3 is 4.42 Å². The normalized spacial score (nSPS) is 11.6. The molecule has 0 N–H and O–H groups in total. The molecular formula is C44H26N4OS. The van der Waals surface area contributed by atoms with Crippen molar-refractivity contribution in [1.29, 1.82) is 0 Å². The maximum Gasteiger partial charge on any atom is 0.167 e. The highest BCUT2D eigenvalue weighted by molar-refractivity contribution is 7.21. The van der Waals surface area contributed by atoms with E-state index in [1.807, 2.05) is 72.8 Å². The quantitative estimate of drug-likeness (QED) is 0.184. The Kier molecular flexibility index (Phi) is 6.60. The van der Waals surface area contributed by atoms with E-state index in [2.05, 4.69) is 84.9 Å². The van der Waals surface area contributed by atoms with Crippen molar-refractivity contribution >= 4 is 54.3 Å². The summed E-state index contributed by atoms with van der Waals surface area (Å²) in [4.78, 5) is 20.8. The van der Waals surface area contributed by atoms with E-state index in [4.69, 9.17) is 24.4 Å². The van der Waals surface area contributed by atoms with Crippen molar-refractivity contribution in [2.75, 3.05) is 0 Å². The van der Waals surface area contributed by atoms with Crippen molar-refractivity contribution in [3.05, 3.63) is 158 Å². The molecule has 10 rings (SSSR count). The molecule has 0 saturated heterocycles. The second-order valence-corrected chi connectivity index (χ2v) is 13.3. The first-order valence-electron chi connectivity index (χ1n) is 16.5. The average molecular weight is 659 g/mol. The number of rotatable bonds is 5. The Morgan fingerprint density at radius 3 is 1.78 bits per heavy atom. The van der Waals surface area contributed by atoms with Crippen molar-refractivity contribution in [2.24, 2.45) is 0 Å². The third-order valence-electron chi connectivity index (χ3n) is 9.14. The minimum absolute atomic E-state index is 0.555. The summed E-state index contributed by atoms with van der Waals surface area (Å²) in [5.74, 6) is 1.75. The van der Waals surface area contributed by atoms with Gasteiger partial charge in [-0.15, -0.1) is 11.3 Å². The first-order chi connectivity index (χ1) is 24.7. The second-order valence-electron chi connectivity index (χ2n) is 12.3. The van der Waals surface area contributed by atoms with Crippen LogP contribution in [0.2, 0.25) is 0 Å². The number of fused-ring (bicyclic) bond motifs is 5. The molecule has 3 aromatic heterocycles. The predicted molar refractivity (Wildman–Crippen MR) is 205 cm³/mol. The minimum atomic E-state index is 0.555. The van der Waals surface area contributed by atoms with Gasteiger partial charge in [0.2, 0.25) is 0 Å². The van der Waals surface area contributed by atoms with Crippen LogP contribution in [0.4, 0.5) is 0 Å². The SMILES string of the molecule is c1ccc(-c2ccc3ccc(-c4nc(-c5ccccc5)nc(-c5c6nc(-c7ccccc7)sc6cc6oc7ccccc7c56)n4)cc3c2)cc1. The summed E-state index contributed by atoms with van der Waals surface area (Å²) >= 11 is 1.64. The van der Waals surface area contributed by atoms with E-state index in [0.717, 1.165) is 75.8 Å². The minimum Gasteiger partial charge on any atom is -0.456 e. The summed E-state index contributed by atoms with van der Waals surface area (Å²) in [6.45, 7) is 0. The molecule has 0 aliphatic carbocycles. The molecule has 234 valence electrons. The molecule has 10 aromatic rings. The fraction of sp³-hybridized carbons (Fsp3) is 0. The summed E-state index contributed by atoms with van der Waals surface area (Å²) in [5.41, 5.74) is 8.50. The zero-order valence-corrected chi connectivity index (χ0v) is 27.4. The molecule has 0 aliphatic rings. The molecule has 0 bridgehead atoms. The standard InChI is InChI=1S/C44H26N4OS/c1-4-12-27(13-5-1)31-22-20-28-21-23-32(25-33(28)24-31)42-46-41(29-14-6-2-7-15-29)47-43(48-42)39-38-34-18-10-11-19-35(34)49-36(38)26-37-40(39)45-44(50-37)30-16-8-3-9-17-30/h1-26H. The van der Waals surface area contributed by atoms with Gasteiger partial charge >= 0.3 is 0 Å². The highest BCUT2D eigenvalue weighted by Gasteiger charge is 2.23. The van der Waals surface area contributed by atoms with Gasteiger partial charge in [0.05, 0.1) is 15.8 Å². The third kappa shape index (κ3) is 4.85. The van der Waals surface area contributed by atoms with Gasteiger partial charge in [0.25, 0.3) is 0 Å². The summed E-state index contributed by atoms with van der Waals surface area (Å²) in [7, 11) is 0. The van der Waals surface area contributed by atoms with Gasteiger partial charge in [0.1, 0.15) is 16.2 Å². The molecule has 0 atom stereocenters. The van der Waals surface area contributed by atoms with Crippen molar-refractivity contribution in [2.45, 2.75) is 0 Å². The molecule has 7 aromatic carbocycles. The van der Waals surface area contributed by atoms with Gasteiger partial charge in [-0.1, -0.05) is 133 Å². The number of para-hydroxylation sites is 1. The molecule has 5 nitrogen and oxygen atoms in total. The lowest BCUT2D eigenvalue weighted by atomic mass is 9.99. The molecule has 3 heterocycles. The number of hydrogen-bond donors (Lipinski definition) is 0. The molecule has 0 amide bonds. The fourth-order valence-electron chi connectivity index (χ4n) is 6.72. The van der Waals surface area contributed by atoms with E-state index in [9.17, 15) is 0 Å². The van der Waals surface area contributed by atoms with Gasteiger partial charge in [0.15, 0.2) is 17.5 Å². The summed E-state index contributed by atoms with van der Waals surface area (Å²) in [5, 5.41) is 5.14. The number of aromatic nitrogens is 4. The Morgan fingerprint density at radius 1 is 0.420 bits per heavy atom. The molecule has 0 unspecified atom stereocenters. The van der Waals surface area contributed by atoms with Crippen LogP contribution in [-0.2, 0) is 0 Å². The first kappa shape index (κ1) is 28.5. The topological polar surface area (TPSA) is 64.7 Å². The van der Waals surface area contributed by atoms with Crippen molar-refractivity contribution in [3.8, 4) is 55.9 Å². The molecule has 0 saturated carbocycles. The van der Waals surface area contributed by atoms with E-state index in [1.165, 1.54) is 5.56 Å². The number of benzene rings is 7. The van der Waals surface area contributed by atoms with Crippen LogP contribution >= 0.6 is 11.3 Å². The van der Waals surface area contributed by atoms with Gasteiger partial charge in [-0.3, -0.25) is 0 Å². The van der Waals surface area contributed by atoms with Crippen LogP contribution in [-0.4, -0.2) is 19.9 Å². The third-order valence-corrected chi connectivity index (χ3v) is 10.2. The van der Waals surface area contributed by atoms with E-state index in [-0.39, 0.29) is 0 Å². The zero-order valence-electron chi connectivity index (χ0n) is 26.6. The van der Waals surface area contributed by atoms with Crippen molar-refractivity contribution in [1.82, 2.24) is 19.9 Å². The van der Waals surface area contributed by atoms with Gasteiger partial charge in [-0.05, 0) is 40.1 Å². The van der Waals surface area contributed by atoms with Crippen molar-refractivity contribution < 1.29 is 4.42 Å². The van der Waals surface area contributed by atoms with Crippen LogP contribution in [0.3, 0.4) is 0 Å². The average Bonchev–Trinajstić information content (AvgIpc) is 3.79. The molecule has 0 spiro atoms. The van der Waals surface area contributed by atoms with Crippen LogP contribution in [0.5, 0.6) is 0 Å². The number of hydrogen-bond acceptors (Lipinski definition) is 6. The van der Waals surface area contributed by atoms with Crippen LogP contribution in [0.1, 0.15) is 0 Å². The zero-order chi connectivity index (χ0) is 33.0. The Balaban J connectivity index is 1.25. The number of thiazole rings is 1. The van der Waals surface area contributed by atoms with Crippen LogP contribution in [0.15, 0.2) is 162 Å². The Morgan fingerprint density at radius 2 is 1.02 bits per heavy atom. The molecule has 0 aliphatic heterocycles. The highest BCUT2D eigenvalue weighted by Crippen LogP contribution is 2.44. The highest BCUT2D eigenvalue weighted by atomic mass is 32.1. The van der Waals surface area contributed by atoms with E-state index >= 15 is 0 Å². The van der Waals surface area contributed by atoms with Gasteiger partial charge in [-0.2, -0.15) is 0 Å². The maximum absolute atomic E-state index is 6.47. The van der Waals surface area contributed by atoms with Crippen molar-refractivity contribution in [3.63, 3.8) is 0 Å². The molecule has 6 heteroatoms. The van der Waals surface area contributed by atoms with Crippen LogP contribution in [0.25, 0.3) is 98.8 Å². The summed E-state index contributed by atoms with van der Waals surface area (Å²) in [6.07, 6.45) is 0. The molecular weight excluding hydrogens is 633 g/mol. The van der Waals surface area contributed by atoms with Crippen LogP contribution < -0.4 is 0 Å². The fourth-order valence-corrected chi connectivity index (χ4v) is 7.73. The number of furan rings is 1. The Bertz CT molecular complexity index is 2860. The van der Waals surface area contributed by atoms with E-state index in [0.29, 0.717) is 17.5 Å². The monoisotopic (exact) mass is 658 g/mol. The largest absolute Gasteiger partial charge is 0.456 e. The second kappa shape index (κ2) is 11.6.